The highest BCUT2D eigenvalue weighted by atomic mass is 16.3. The van der Waals surface area contributed by atoms with Crippen molar-refractivity contribution in [3.05, 3.63) is 29.8 Å². The Morgan fingerprint density at radius 1 is 1.07 bits per heavy atom. The van der Waals surface area contributed by atoms with E-state index in [0.29, 0.717) is 6.54 Å². The lowest BCUT2D eigenvalue weighted by Gasteiger charge is -2.12. The van der Waals surface area contributed by atoms with Crippen LogP contribution in [-0.4, -0.2) is 34.6 Å². The second-order valence-electron chi connectivity index (χ2n) is 3.11. The highest BCUT2D eigenvalue weighted by molar-refractivity contribution is 5.25. The predicted octanol–water partition coefficient (Wildman–Crippen LogP) is -0.165. The molecule has 1 aromatic rings. The van der Waals surface area contributed by atoms with Gasteiger partial charge >= 0.3 is 0 Å². The van der Waals surface area contributed by atoms with E-state index >= 15 is 0 Å². The Morgan fingerprint density at radius 3 is 2.14 bits per heavy atom. The SMILES string of the molecule is OCC(CO)NCc1ccc(O)cc1. The lowest BCUT2D eigenvalue weighted by molar-refractivity contribution is 0.170. The molecule has 0 saturated carbocycles. The summed E-state index contributed by atoms with van der Waals surface area (Å²) in [4.78, 5) is 0. The molecule has 0 aliphatic carbocycles. The Balaban J connectivity index is 2.41. The summed E-state index contributed by atoms with van der Waals surface area (Å²) in [6.45, 7) is 0.384. The molecule has 0 spiro atoms. The van der Waals surface area contributed by atoms with E-state index in [0.717, 1.165) is 5.56 Å². The van der Waals surface area contributed by atoms with Gasteiger partial charge in [-0.2, -0.15) is 0 Å². The number of nitrogens with one attached hydrogen (secondary N) is 1. The highest BCUT2D eigenvalue weighted by Crippen LogP contribution is 2.09. The molecule has 0 aliphatic heterocycles. The maximum atomic E-state index is 9.03. The molecule has 0 radical (unpaired) electrons. The van der Waals surface area contributed by atoms with E-state index in [1.807, 2.05) is 0 Å². The third-order valence-electron chi connectivity index (χ3n) is 1.97. The van der Waals surface area contributed by atoms with Gasteiger partial charge in [-0.3, -0.25) is 0 Å². The number of aliphatic hydroxyl groups is 2. The van der Waals surface area contributed by atoms with Crippen molar-refractivity contribution in [2.75, 3.05) is 13.2 Å². The first-order chi connectivity index (χ1) is 6.76. The van der Waals surface area contributed by atoms with Gasteiger partial charge in [0.1, 0.15) is 5.75 Å². The molecule has 0 aromatic heterocycles. The lowest BCUT2D eigenvalue weighted by atomic mass is 10.2. The number of aliphatic hydroxyl groups excluding tert-OH is 2. The second-order valence-corrected chi connectivity index (χ2v) is 3.11. The molecule has 0 fully saturated rings. The minimum absolute atomic E-state index is 0.0887. The number of phenols is 1. The smallest absolute Gasteiger partial charge is 0.115 e. The van der Waals surface area contributed by atoms with Gasteiger partial charge in [0.05, 0.1) is 19.3 Å². The molecule has 1 aromatic carbocycles. The van der Waals surface area contributed by atoms with Crippen LogP contribution in [0.2, 0.25) is 0 Å². The van der Waals surface area contributed by atoms with Gasteiger partial charge < -0.3 is 20.6 Å². The Labute approximate surface area is 82.8 Å². The van der Waals surface area contributed by atoms with Crippen LogP contribution < -0.4 is 5.32 Å². The first-order valence-electron chi connectivity index (χ1n) is 4.49. The standard InChI is InChI=1S/C10H15NO3/c12-6-9(7-13)11-5-8-1-3-10(14)4-2-8/h1-4,9,11-14H,5-7H2. The first kappa shape index (κ1) is 11.0. The van der Waals surface area contributed by atoms with Crippen molar-refractivity contribution in [3.63, 3.8) is 0 Å². The molecule has 14 heavy (non-hydrogen) atoms. The zero-order valence-corrected chi connectivity index (χ0v) is 7.85. The third kappa shape index (κ3) is 3.33. The van der Waals surface area contributed by atoms with Gasteiger partial charge in [-0.15, -0.1) is 0 Å². The maximum Gasteiger partial charge on any atom is 0.115 e. The Bertz CT molecular complexity index is 257. The van der Waals surface area contributed by atoms with Gasteiger partial charge in [0.25, 0.3) is 0 Å². The van der Waals surface area contributed by atoms with Crippen molar-refractivity contribution in [3.8, 4) is 5.75 Å². The molecule has 0 unspecified atom stereocenters. The number of rotatable bonds is 5. The van der Waals surface area contributed by atoms with Crippen LogP contribution in [0.25, 0.3) is 0 Å². The second kappa shape index (κ2) is 5.59. The van der Waals surface area contributed by atoms with Crippen LogP contribution in [0.5, 0.6) is 5.75 Å². The van der Waals surface area contributed by atoms with E-state index in [1.54, 1.807) is 24.3 Å². The average molecular weight is 197 g/mol. The minimum atomic E-state index is -0.288. The fraction of sp³-hybridized carbons (Fsp3) is 0.400. The van der Waals surface area contributed by atoms with E-state index in [4.69, 9.17) is 15.3 Å². The van der Waals surface area contributed by atoms with E-state index in [1.165, 1.54) is 0 Å². The van der Waals surface area contributed by atoms with E-state index in [-0.39, 0.29) is 25.0 Å². The normalized spacial score (nSPS) is 10.8. The van der Waals surface area contributed by atoms with E-state index in [2.05, 4.69) is 5.32 Å². The monoisotopic (exact) mass is 197 g/mol. The van der Waals surface area contributed by atoms with Gasteiger partial charge in [-0.05, 0) is 17.7 Å². The largest absolute Gasteiger partial charge is 0.508 e. The number of hydrogen-bond acceptors (Lipinski definition) is 4. The number of benzene rings is 1. The first-order valence-corrected chi connectivity index (χ1v) is 4.49. The molecule has 4 heteroatoms. The Kier molecular flexibility index (Phi) is 4.39. The van der Waals surface area contributed by atoms with Crippen LogP contribution >= 0.6 is 0 Å². The molecule has 0 heterocycles. The van der Waals surface area contributed by atoms with Gasteiger partial charge in [0.15, 0.2) is 0 Å². The molecule has 0 aliphatic rings. The molecular weight excluding hydrogens is 182 g/mol. The van der Waals surface area contributed by atoms with Crippen molar-refractivity contribution in [1.29, 1.82) is 0 Å². The summed E-state index contributed by atoms with van der Waals surface area (Å²) in [5.41, 5.74) is 0.995. The predicted molar refractivity (Wildman–Crippen MR) is 52.9 cm³/mol. The zero-order valence-electron chi connectivity index (χ0n) is 7.85. The average Bonchev–Trinajstić information content (AvgIpc) is 2.22. The zero-order chi connectivity index (χ0) is 10.4. The summed E-state index contributed by atoms with van der Waals surface area (Å²) in [6.07, 6.45) is 0. The van der Waals surface area contributed by atoms with Crippen LogP contribution in [0.15, 0.2) is 24.3 Å². The minimum Gasteiger partial charge on any atom is -0.508 e. The number of phenolic OH excluding ortho intramolecular Hbond substituents is 1. The van der Waals surface area contributed by atoms with Crippen molar-refractivity contribution < 1.29 is 15.3 Å². The third-order valence-corrected chi connectivity index (χ3v) is 1.97. The molecule has 0 atom stereocenters. The topological polar surface area (TPSA) is 72.7 Å². The van der Waals surface area contributed by atoms with Crippen LogP contribution in [0, 0.1) is 0 Å². The molecule has 0 bridgehead atoms. The molecule has 4 nitrogen and oxygen atoms in total. The van der Waals surface area contributed by atoms with E-state index < -0.39 is 0 Å². The highest BCUT2D eigenvalue weighted by Gasteiger charge is 2.03. The summed E-state index contributed by atoms with van der Waals surface area (Å²) in [5, 5.41) is 29.6. The molecular formula is C10H15NO3. The number of aromatic hydroxyl groups is 1. The van der Waals surface area contributed by atoms with Crippen LogP contribution in [0.3, 0.4) is 0 Å². The summed E-state index contributed by atoms with van der Waals surface area (Å²) in [7, 11) is 0. The molecule has 78 valence electrons. The van der Waals surface area contributed by atoms with Crippen molar-refractivity contribution in [1.82, 2.24) is 5.32 Å². The maximum absolute atomic E-state index is 9.03. The quantitative estimate of drug-likeness (QED) is 0.529. The van der Waals surface area contributed by atoms with Crippen LogP contribution in [0.4, 0.5) is 0 Å². The molecule has 0 saturated heterocycles. The van der Waals surface area contributed by atoms with Crippen LogP contribution in [-0.2, 0) is 6.54 Å². The van der Waals surface area contributed by atoms with Gasteiger partial charge in [-0.25, -0.2) is 0 Å². The number of hydrogen-bond donors (Lipinski definition) is 4. The fourth-order valence-corrected chi connectivity index (χ4v) is 1.06. The Hall–Kier alpha value is -1.10. The van der Waals surface area contributed by atoms with Gasteiger partial charge in [-0.1, -0.05) is 12.1 Å². The summed E-state index contributed by atoms with van der Waals surface area (Å²) < 4.78 is 0. The van der Waals surface area contributed by atoms with Crippen molar-refractivity contribution in [2.24, 2.45) is 0 Å². The summed E-state index contributed by atoms with van der Waals surface area (Å²) in [5.74, 6) is 0.231. The van der Waals surface area contributed by atoms with Gasteiger partial charge in [0, 0.05) is 6.54 Å². The summed E-state index contributed by atoms with van der Waals surface area (Å²) >= 11 is 0. The van der Waals surface area contributed by atoms with Gasteiger partial charge in [0.2, 0.25) is 0 Å². The van der Waals surface area contributed by atoms with Crippen molar-refractivity contribution >= 4 is 0 Å². The summed E-state index contributed by atoms with van der Waals surface area (Å²) in [6, 6.07) is 6.49. The van der Waals surface area contributed by atoms with E-state index in [9.17, 15) is 0 Å². The molecule has 1 rings (SSSR count). The lowest BCUT2D eigenvalue weighted by Crippen LogP contribution is -2.35. The van der Waals surface area contributed by atoms with Crippen molar-refractivity contribution in [2.45, 2.75) is 12.6 Å². The van der Waals surface area contributed by atoms with Crippen LogP contribution in [0.1, 0.15) is 5.56 Å². The fourth-order valence-electron chi connectivity index (χ4n) is 1.06. The molecule has 0 amide bonds. The Morgan fingerprint density at radius 2 is 1.64 bits per heavy atom. The molecule has 4 N–H and O–H groups in total.